The third-order valence-electron chi connectivity index (χ3n) is 3.67. The van der Waals surface area contributed by atoms with Crippen molar-refractivity contribution in [2.75, 3.05) is 0 Å². The lowest BCUT2D eigenvalue weighted by Crippen LogP contribution is -1.94. The van der Waals surface area contributed by atoms with E-state index in [0.29, 0.717) is 6.61 Å². The molecular weight excluding hydrogens is 280 g/mol. The van der Waals surface area contributed by atoms with Gasteiger partial charge in [-0.2, -0.15) is 0 Å². The first-order valence-electron chi connectivity index (χ1n) is 8.04. The molecule has 0 saturated heterocycles. The summed E-state index contributed by atoms with van der Waals surface area (Å²) < 4.78 is 5.90. The standard InChI is InChI=1S/C22H20O/c1-2-3-5-8-18-11-12-20-13-14-22(16-21(20)15-18)23-17-19-9-6-4-7-10-19/h4,6-7,9-16H,2-3,17H2,1H3. The van der Waals surface area contributed by atoms with Gasteiger partial charge in [0, 0.05) is 12.0 Å². The van der Waals surface area contributed by atoms with Crippen molar-refractivity contribution in [3.05, 3.63) is 77.9 Å². The van der Waals surface area contributed by atoms with Crippen LogP contribution in [0.15, 0.2) is 66.7 Å². The molecule has 114 valence electrons. The number of benzene rings is 3. The molecule has 0 aliphatic carbocycles. The van der Waals surface area contributed by atoms with Crippen LogP contribution in [0.2, 0.25) is 0 Å². The second-order valence-corrected chi connectivity index (χ2v) is 5.55. The smallest absolute Gasteiger partial charge is 0.120 e. The molecule has 0 aliphatic rings. The van der Waals surface area contributed by atoms with E-state index in [1.165, 1.54) is 16.3 Å². The zero-order valence-corrected chi connectivity index (χ0v) is 13.4. The molecule has 0 spiro atoms. The number of rotatable bonds is 4. The van der Waals surface area contributed by atoms with Crippen molar-refractivity contribution in [3.8, 4) is 17.6 Å². The van der Waals surface area contributed by atoms with Gasteiger partial charge >= 0.3 is 0 Å². The zero-order chi connectivity index (χ0) is 15.9. The van der Waals surface area contributed by atoms with Crippen LogP contribution in [0.4, 0.5) is 0 Å². The van der Waals surface area contributed by atoms with Crippen LogP contribution in [0.5, 0.6) is 5.75 Å². The van der Waals surface area contributed by atoms with E-state index in [0.717, 1.165) is 24.2 Å². The molecule has 3 aromatic carbocycles. The topological polar surface area (TPSA) is 9.23 Å². The maximum atomic E-state index is 5.90. The van der Waals surface area contributed by atoms with Crippen LogP contribution in [0.1, 0.15) is 30.9 Å². The van der Waals surface area contributed by atoms with Crippen LogP contribution >= 0.6 is 0 Å². The van der Waals surface area contributed by atoms with Gasteiger partial charge in [0.1, 0.15) is 12.4 Å². The number of fused-ring (bicyclic) bond motifs is 1. The van der Waals surface area contributed by atoms with E-state index in [1.807, 2.05) is 24.3 Å². The van der Waals surface area contributed by atoms with Crippen LogP contribution in [-0.2, 0) is 6.61 Å². The Morgan fingerprint density at radius 1 is 0.870 bits per heavy atom. The van der Waals surface area contributed by atoms with Crippen molar-refractivity contribution < 1.29 is 4.74 Å². The average molecular weight is 300 g/mol. The second kappa shape index (κ2) is 7.51. The van der Waals surface area contributed by atoms with E-state index in [1.54, 1.807) is 0 Å². The molecule has 0 fully saturated rings. The van der Waals surface area contributed by atoms with Gasteiger partial charge in [-0.05, 0) is 47.0 Å². The monoisotopic (exact) mass is 300 g/mol. The molecule has 0 saturated carbocycles. The van der Waals surface area contributed by atoms with Crippen molar-refractivity contribution in [1.82, 2.24) is 0 Å². The number of ether oxygens (including phenoxy) is 1. The van der Waals surface area contributed by atoms with Crippen LogP contribution in [-0.4, -0.2) is 0 Å². The minimum Gasteiger partial charge on any atom is -0.489 e. The third-order valence-corrected chi connectivity index (χ3v) is 3.67. The van der Waals surface area contributed by atoms with Crippen LogP contribution in [0.3, 0.4) is 0 Å². The summed E-state index contributed by atoms with van der Waals surface area (Å²) in [4.78, 5) is 0. The fourth-order valence-corrected chi connectivity index (χ4v) is 2.42. The summed E-state index contributed by atoms with van der Waals surface area (Å²) in [5.41, 5.74) is 2.23. The first-order valence-corrected chi connectivity index (χ1v) is 8.04. The molecule has 3 rings (SSSR count). The summed E-state index contributed by atoms with van der Waals surface area (Å²) in [6.07, 6.45) is 2.04. The molecule has 0 unspecified atom stereocenters. The Bertz CT molecular complexity index is 838. The summed E-state index contributed by atoms with van der Waals surface area (Å²) in [6, 6.07) is 22.7. The van der Waals surface area contributed by atoms with Crippen molar-refractivity contribution in [3.63, 3.8) is 0 Å². The Balaban J connectivity index is 1.78. The molecule has 0 aliphatic heterocycles. The highest BCUT2D eigenvalue weighted by atomic mass is 16.5. The van der Waals surface area contributed by atoms with E-state index in [2.05, 4.69) is 61.2 Å². The Hall–Kier alpha value is -2.72. The number of hydrogen-bond acceptors (Lipinski definition) is 1. The van der Waals surface area contributed by atoms with Gasteiger partial charge in [-0.25, -0.2) is 0 Å². The molecule has 1 nitrogen and oxygen atoms in total. The Morgan fingerprint density at radius 3 is 2.52 bits per heavy atom. The molecule has 0 N–H and O–H groups in total. The third kappa shape index (κ3) is 4.14. The highest BCUT2D eigenvalue weighted by molar-refractivity contribution is 5.85. The molecule has 0 radical (unpaired) electrons. The molecule has 0 aromatic heterocycles. The van der Waals surface area contributed by atoms with Gasteiger partial charge in [0.15, 0.2) is 0 Å². The highest BCUT2D eigenvalue weighted by Crippen LogP contribution is 2.22. The largest absolute Gasteiger partial charge is 0.489 e. The predicted octanol–water partition coefficient (Wildman–Crippen LogP) is 5.57. The lowest BCUT2D eigenvalue weighted by atomic mass is 10.1. The molecule has 0 heterocycles. The first kappa shape index (κ1) is 15.2. The van der Waals surface area contributed by atoms with Gasteiger partial charge in [-0.3, -0.25) is 0 Å². The molecule has 0 atom stereocenters. The normalized spacial score (nSPS) is 10.1. The maximum Gasteiger partial charge on any atom is 0.120 e. The average Bonchev–Trinajstić information content (AvgIpc) is 2.61. The summed E-state index contributed by atoms with van der Waals surface area (Å²) >= 11 is 0. The van der Waals surface area contributed by atoms with Crippen molar-refractivity contribution >= 4 is 10.8 Å². The van der Waals surface area contributed by atoms with Gasteiger partial charge in [-0.15, -0.1) is 0 Å². The quantitative estimate of drug-likeness (QED) is 0.572. The van der Waals surface area contributed by atoms with E-state index in [4.69, 9.17) is 4.74 Å². The molecule has 0 bridgehead atoms. The SMILES string of the molecule is CCCC#Cc1ccc2ccc(OCc3ccccc3)cc2c1. The minimum atomic E-state index is 0.586. The van der Waals surface area contributed by atoms with Crippen molar-refractivity contribution in [2.45, 2.75) is 26.4 Å². The van der Waals surface area contributed by atoms with Gasteiger partial charge in [0.25, 0.3) is 0 Å². The van der Waals surface area contributed by atoms with Gasteiger partial charge in [0.05, 0.1) is 0 Å². The van der Waals surface area contributed by atoms with Crippen molar-refractivity contribution in [2.24, 2.45) is 0 Å². The van der Waals surface area contributed by atoms with Crippen LogP contribution in [0.25, 0.3) is 10.8 Å². The summed E-state index contributed by atoms with van der Waals surface area (Å²) in [7, 11) is 0. The summed E-state index contributed by atoms with van der Waals surface area (Å²) in [5, 5.41) is 2.37. The zero-order valence-electron chi connectivity index (χ0n) is 13.4. The molecule has 1 heteroatoms. The van der Waals surface area contributed by atoms with Crippen molar-refractivity contribution in [1.29, 1.82) is 0 Å². The number of unbranched alkanes of at least 4 members (excludes halogenated alkanes) is 1. The highest BCUT2D eigenvalue weighted by Gasteiger charge is 2.00. The van der Waals surface area contributed by atoms with E-state index in [-0.39, 0.29) is 0 Å². The maximum absolute atomic E-state index is 5.90. The van der Waals surface area contributed by atoms with E-state index >= 15 is 0 Å². The Kier molecular flexibility index (Phi) is 4.96. The fourth-order valence-electron chi connectivity index (χ4n) is 2.42. The van der Waals surface area contributed by atoms with E-state index < -0.39 is 0 Å². The van der Waals surface area contributed by atoms with Crippen LogP contribution < -0.4 is 4.74 Å². The first-order chi connectivity index (χ1) is 11.3. The molecule has 23 heavy (non-hydrogen) atoms. The predicted molar refractivity (Wildman–Crippen MR) is 96.5 cm³/mol. The van der Waals surface area contributed by atoms with E-state index in [9.17, 15) is 0 Å². The lowest BCUT2D eigenvalue weighted by Gasteiger charge is -2.07. The van der Waals surface area contributed by atoms with Gasteiger partial charge in [-0.1, -0.05) is 61.2 Å². The second-order valence-electron chi connectivity index (χ2n) is 5.55. The minimum absolute atomic E-state index is 0.586. The Labute approximate surface area is 137 Å². The Morgan fingerprint density at radius 2 is 1.70 bits per heavy atom. The summed E-state index contributed by atoms with van der Waals surface area (Å²) in [6.45, 7) is 2.73. The molecule has 3 aromatic rings. The molecular formula is C22H20O. The number of hydrogen-bond donors (Lipinski definition) is 0. The van der Waals surface area contributed by atoms with Gasteiger partial charge < -0.3 is 4.74 Å². The summed E-state index contributed by atoms with van der Waals surface area (Å²) in [5.74, 6) is 7.31. The van der Waals surface area contributed by atoms with Gasteiger partial charge in [0.2, 0.25) is 0 Å². The van der Waals surface area contributed by atoms with Crippen LogP contribution in [0, 0.1) is 11.8 Å². The molecule has 0 amide bonds. The lowest BCUT2D eigenvalue weighted by molar-refractivity contribution is 0.306. The fraction of sp³-hybridized carbons (Fsp3) is 0.182.